The Bertz CT molecular complexity index is 227. The highest BCUT2D eigenvalue weighted by atomic mass is 16.5. The van der Waals surface area contributed by atoms with Crippen LogP contribution in [0, 0.1) is 5.92 Å². The molecule has 1 rings (SSSR count). The Balaban J connectivity index is 2.23. The van der Waals surface area contributed by atoms with Gasteiger partial charge in [0.25, 0.3) is 0 Å². The lowest BCUT2D eigenvalue weighted by molar-refractivity contribution is -0.149. The zero-order chi connectivity index (χ0) is 12.7. The van der Waals surface area contributed by atoms with Crippen molar-refractivity contribution in [2.45, 2.75) is 25.9 Å². The van der Waals surface area contributed by atoms with Crippen molar-refractivity contribution in [3.63, 3.8) is 0 Å². The van der Waals surface area contributed by atoms with Gasteiger partial charge in [-0.25, -0.2) is 0 Å². The SMILES string of the molecule is CCOC(=O)C1CCN(CC(O)COC)CC1. The summed E-state index contributed by atoms with van der Waals surface area (Å²) in [6.07, 6.45) is 1.19. The predicted molar refractivity (Wildman–Crippen MR) is 63.7 cm³/mol. The number of esters is 1. The molecule has 0 saturated carbocycles. The first kappa shape index (κ1) is 14.4. The number of carbonyl (C=O) groups excluding carboxylic acids is 1. The fraction of sp³-hybridized carbons (Fsp3) is 0.917. The summed E-state index contributed by atoms with van der Waals surface area (Å²) in [5, 5.41) is 9.60. The van der Waals surface area contributed by atoms with E-state index >= 15 is 0 Å². The third-order valence-electron chi connectivity index (χ3n) is 3.04. The maximum Gasteiger partial charge on any atom is 0.309 e. The number of piperidine rings is 1. The number of methoxy groups -OCH3 is 1. The van der Waals surface area contributed by atoms with Crippen molar-refractivity contribution in [3.05, 3.63) is 0 Å². The van der Waals surface area contributed by atoms with E-state index in [0.717, 1.165) is 25.9 Å². The number of aliphatic hydroxyl groups excluding tert-OH is 1. The minimum absolute atomic E-state index is 0.0331. The van der Waals surface area contributed by atoms with E-state index in [4.69, 9.17) is 9.47 Å². The summed E-state index contributed by atoms with van der Waals surface area (Å²) >= 11 is 0. The maximum atomic E-state index is 11.5. The van der Waals surface area contributed by atoms with E-state index in [1.807, 2.05) is 6.92 Å². The number of nitrogens with zero attached hydrogens (tertiary/aromatic N) is 1. The van der Waals surface area contributed by atoms with Gasteiger partial charge in [-0.15, -0.1) is 0 Å². The normalized spacial score (nSPS) is 20.2. The third kappa shape index (κ3) is 5.02. The van der Waals surface area contributed by atoms with Crippen LogP contribution in [-0.2, 0) is 14.3 Å². The third-order valence-corrected chi connectivity index (χ3v) is 3.04. The zero-order valence-corrected chi connectivity index (χ0v) is 10.7. The van der Waals surface area contributed by atoms with Gasteiger partial charge in [0.2, 0.25) is 0 Å². The van der Waals surface area contributed by atoms with Crippen LogP contribution in [0.15, 0.2) is 0 Å². The lowest BCUT2D eigenvalue weighted by Crippen LogP contribution is -2.41. The van der Waals surface area contributed by atoms with E-state index in [2.05, 4.69) is 4.90 Å². The van der Waals surface area contributed by atoms with Crippen molar-refractivity contribution in [1.82, 2.24) is 4.90 Å². The molecule has 0 aromatic rings. The summed E-state index contributed by atoms with van der Waals surface area (Å²) in [6.45, 7) is 4.93. The van der Waals surface area contributed by atoms with Gasteiger partial charge in [0.05, 0.1) is 25.2 Å². The molecule has 1 heterocycles. The van der Waals surface area contributed by atoms with Gasteiger partial charge in [0.15, 0.2) is 0 Å². The first-order chi connectivity index (χ1) is 8.17. The second-order valence-electron chi connectivity index (χ2n) is 4.44. The average molecular weight is 245 g/mol. The molecule has 17 heavy (non-hydrogen) atoms. The molecule has 1 fully saturated rings. The average Bonchev–Trinajstić information content (AvgIpc) is 2.30. The van der Waals surface area contributed by atoms with E-state index < -0.39 is 6.10 Å². The number of hydrogen-bond acceptors (Lipinski definition) is 5. The summed E-state index contributed by atoms with van der Waals surface area (Å²) in [5.74, 6) is -0.0460. The molecule has 0 bridgehead atoms. The highest BCUT2D eigenvalue weighted by Gasteiger charge is 2.26. The fourth-order valence-corrected chi connectivity index (χ4v) is 2.15. The molecule has 5 nitrogen and oxygen atoms in total. The van der Waals surface area contributed by atoms with Crippen molar-refractivity contribution in [2.24, 2.45) is 5.92 Å². The molecule has 0 aromatic heterocycles. The van der Waals surface area contributed by atoms with Crippen molar-refractivity contribution in [3.8, 4) is 0 Å². The van der Waals surface area contributed by atoms with Crippen LogP contribution in [0.4, 0.5) is 0 Å². The van der Waals surface area contributed by atoms with Crippen LogP contribution in [-0.4, -0.2) is 62.0 Å². The van der Waals surface area contributed by atoms with E-state index in [1.165, 1.54) is 0 Å². The smallest absolute Gasteiger partial charge is 0.309 e. The molecule has 5 heteroatoms. The van der Waals surface area contributed by atoms with Gasteiger partial charge in [0.1, 0.15) is 0 Å². The van der Waals surface area contributed by atoms with E-state index in [1.54, 1.807) is 7.11 Å². The number of β-amino-alcohol motifs (C(OH)–C–C–N with tert-alkyl or cyclic N) is 1. The topological polar surface area (TPSA) is 59.0 Å². The first-order valence-electron chi connectivity index (χ1n) is 6.23. The van der Waals surface area contributed by atoms with Crippen LogP contribution in [0.5, 0.6) is 0 Å². The fourth-order valence-electron chi connectivity index (χ4n) is 2.15. The molecule has 0 radical (unpaired) electrons. The summed E-state index contributed by atoms with van der Waals surface area (Å²) in [7, 11) is 1.58. The maximum absolute atomic E-state index is 11.5. The van der Waals surface area contributed by atoms with Crippen molar-refractivity contribution < 1.29 is 19.4 Å². The van der Waals surface area contributed by atoms with Crippen LogP contribution >= 0.6 is 0 Å². The van der Waals surface area contributed by atoms with Crippen molar-refractivity contribution in [2.75, 3.05) is 40.0 Å². The van der Waals surface area contributed by atoms with Gasteiger partial charge < -0.3 is 19.5 Å². The number of hydrogen-bond donors (Lipinski definition) is 1. The second kappa shape index (κ2) is 7.63. The minimum atomic E-state index is -0.445. The minimum Gasteiger partial charge on any atom is -0.466 e. The van der Waals surface area contributed by atoms with Crippen LogP contribution in [0.1, 0.15) is 19.8 Å². The number of carbonyl (C=O) groups is 1. The molecule has 100 valence electrons. The molecule has 0 spiro atoms. The number of ether oxygens (including phenoxy) is 2. The molecule has 1 aliphatic rings. The van der Waals surface area contributed by atoms with Gasteiger partial charge in [0, 0.05) is 13.7 Å². The van der Waals surface area contributed by atoms with Crippen LogP contribution in [0.25, 0.3) is 0 Å². The molecule has 0 amide bonds. The monoisotopic (exact) mass is 245 g/mol. The highest BCUT2D eigenvalue weighted by Crippen LogP contribution is 2.18. The molecule has 1 unspecified atom stereocenters. The van der Waals surface area contributed by atoms with Crippen LogP contribution in [0.3, 0.4) is 0 Å². The number of aliphatic hydroxyl groups is 1. The molecular formula is C12H23NO4. The van der Waals surface area contributed by atoms with Gasteiger partial charge in [-0.1, -0.05) is 0 Å². The predicted octanol–water partition coefficient (Wildman–Crippen LogP) is 0.269. The van der Waals surface area contributed by atoms with Gasteiger partial charge in [-0.05, 0) is 32.9 Å². The lowest BCUT2D eigenvalue weighted by atomic mass is 9.97. The molecular weight excluding hydrogens is 222 g/mol. The quantitative estimate of drug-likeness (QED) is 0.681. The lowest BCUT2D eigenvalue weighted by Gasteiger charge is -2.31. The number of rotatable bonds is 6. The van der Waals surface area contributed by atoms with Gasteiger partial charge in [-0.3, -0.25) is 4.79 Å². The van der Waals surface area contributed by atoms with Gasteiger partial charge >= 0.3 is 5.97 Å². The Labute approximate surface area is 103 Å². The Morgan fingerprint density at radius 2 is 2.12 bits per heavy atom. The summed E-state index contributed by atoms with van der Waals surface area (Å²) in [5.41, 5.74) is 0. The highest BCUT2D eigenvalue weighted by molar-refractivity contribution is 5.72. The molecule has 1 aliphatic heterocycles. The summed E-state index contributed by atoms with van der Waals surface area (Å²) in [6, 6.07) is 0. The summed E-state index contributed by atoms with van der Waals surface area (Å²) in [4.78, 5) is 13.7. The summed E-state index contributed by atoms with van der Waals surface area (Å²) < 4.78 is 9.90. The van der Waals surface area contributed by atoms with E-state index in [-0.39, 0.29) is 11.9 Å². The Morgan fingerprint density at radius 1 is 1.47 bits per heavy atom. The molecule has 1 atom stereocenters. The van der Waals surface area contributed by atoms with Crippen molar-refractivity contribution >= 4 is 5.97 Å². The molecule has 0 aliphatic carbocycles. The largest absolute Gasteiger partial charge is 0.466 e. The first-order valence-corrected chi connectivity index (χ1v) is 6.23. The van der Waals surface area contributed by atoms with Crippen molar-refractivity contribution in [1.29, 1.82) is 0 Å². The van der Waals surface area contributed by atoms with E-state index in [9.17, 15) is 9.90 Å². The second-order valence-corrected chi connectivity index (χ2v) is 4.44. The standard InChI is InChI=1S/C12H23NO4/c1-3-17-12(15)10-4-6-13(7-5-10)8-11(14)9-16-2/h10-11,14H,3-9H2,1-2H3. The Hall–Kier alpha value is -0.650. The molecule has 1 N–H and O–H groups in total. The van der Waals surface area contributed by atoms with Crippen LogP contribution in [0.2, 0.25) is 0 Å². The molecule has 1 saturated heterocycles. The Morgan fingerprint density at radius 3 is 2.65 bits per heavy atom. The zero-order valence-electron chi connectivity index (χ0n) is 10.7. The van der Waals surface area contributed by atoms with Crippen LogP contribution < -0.4 is 0 Å². The van der Waals surface area contributed by atoms with Gasteiger partial charge in [-0.2, -0.15) is 0 Å². The number of likely N-dealkylation sites (tertiary alicyclic amines) is 1. The van der Waals surface area contributed by atoms with E-state index in [0.29, 0.717) is 19.8 Å². The molecule has 0 aromatic carbocycles. The Kier molecular flexibility index (Phi) is 6.47.